The van der Waals surface area contributed by atoms with Crippen molar-refractivity contribution in [3.05, 3.63) is 12.7 Å². The van der Waals surface area contributed by atoms with Crippen molar-refractivity contribution in [3.63, 3.8) is 0 Å². The number of aliphatic hydroxyl groups is 1. The lowest BCUT2D eigenvalue weighted by Gasteiger charge is -2.22. The van der Waals surface area contributed by atoms with E-state index in [4.69, 9.17) is 30.0 Å². The molecule has 2 aromatic rings. The third-order valence-electron chi connectivity index (χ3n) is 3.64. The summed E-state index contributed by atoms with van der Waals surface area (Å²) in [5.41, 5.74) is 5.96. The van der Waals surface area contributed by atoms with Crippen molar-refractivity contribution in [1.82, 2.24) is 19.5 Å². The molecule has 150 valence electrons. The van der Waals surface area contributed by atoms with E-state index in [9.17, 15) is 14.2 Å². The topological polar surface area (TPSA) is 233 Å². The molecule has 1 fully saturated rings. The van der Waals surface area contributed by atoms with Gasteiger partial charge in [0.25, 0.3) is 0 Å². The Balaban J connectivity index is 1.95. The SMILES string of the molecule is Nc1ncnc2c1ncn2[C@@H]1O[C@@H](COP(=O)(O)O)[C@@H](O)[C@@H]1OP(=O)(O)O. The maximum absolute atomic E-state index is 11.3. The van der Waals surface area contributed by atoms with Crippen molar-refractivity contribution < 1.29 is 47.6 Å². The number of nitrogens with two attached hydrogens (primary N) is 1. The number of hydrogen-bond acceptors (Lipinski definition) is 10. The van der Waals surface area contributed by atoms with Crippen LogP contribution in [0, 0.1) is 0 Å². The molecule has 2 aromatic heterocycles. The Morgan fingerprint density at radius 2 is 1.89 bits per heavy atom. The maximum atomic E-state index is 11.3. The molecule has 1 saturated heterocycles. The summed E-state index contributed by atoms with van der Waals surface area (Å²) in [6, 6.07) is 0. The third kappa shape index (κ3) is 4.50. The lowest BCUT2D eigenvalue weighted by molar-refractivity contribution is -0.0498. The van der Waals surface area contributed by atoms with E-state index >= 15 is 0 Å². The molecular weight excluding hydrogens is 412 g/mol. The van der Waals surface area contributed by atoms with Crippen LogP contribution < -0.4 is 5.73 Å². The van der Waals surface area contributed by atoms with Gasteiger partial charge in [0, 0.05) is 0 Å². The predicted molar refractivity (Wildman–Crippen MR) is 84.6 cm³/mol. The molecule has 1 aliphatic rings. The second kappa shape index (κ2) is 7.14. The molecular formula is C10H15N5O10P2. The first-order valence-corrected chi connectivity index (χ1v) is 10.2. The average Bonchev–Trinajstić information content (AvgIpc) is 3.07. The van der Waals surface area contributed by atoms with Crippen molar-refractivity contribution in [2.45, 2.75) is 24.5 Å². The standard InChI is InChI=1S/C10H15N5O10P2/c11-8-5-9(13-2-12-8)15(3-14-5)10-7(25-27(20,21)22)6(16)4(24-10)1-23-26(17,18)19/h2-4,6-7,10,16H,1H2,(H2,11,12,13)(H2,17,18,19)(H2,20,21,22)/t4-,6+,7-,10+/m0/s1. The molecule has 17 heteroatoms. The molecule has 0 amide bonds. The van der Waals surface area contributed by atoms with Crippen LogP contribution in [0.25, 0.3) is 11.2 Å². The van der Waals surface area contributed by atoms with E-state index in [1.54, 1.807) is 0 Å². The molecule has 0 saturated carbocycles. The maximum Gasteiger partial charge on any atom is 0.470 e. The number of fused-ring (bicyclic) bond motifs is 1. The first kappa shape index (κ1) is 20.2. The lowest BCUT2D eigenvalue weighted by atomic mass is 10.1. The number of phosphoric ester groups is 2. The fraction of sp³-hybridized carbons (Fsp3) is 0.500. The van der Waals surface area contributed by atoms with Gasteiger partial charge in [0.1, 0.15) is 30.2 Å². The van der Waals surface area contributed by atoms with Gasteiger partial charge in [-0.15, -0.1) is 0 Å². The highest BCUT2D eigenvalue weighted by Gasteiger charge is 2.49. The van der Waals surface area contributed by atoms with Crippen LogP contribution in [-0.2, 0) is 22.9 Å². The average molecular weight is 427 g/mol. The summed E-state index contributed by atoms with van der Waals surface area (Å²) in [5, 5.41) is 10.3. The Labute approximate surface area is 150 Å². The van der Waals surface area contributed by atoms with Crippen molar-refractivity contribution >= 4 is 32.6 Å². The second-order valence-corrected chi connectivity index (χ2v) is 7.92. The summed E-state index contributed by atoms with van der Waals surface area (Å²) in [6.07, 6.45) is -3.78. The minimum absolute atomic E-state index is 0.0335. The van der Waals surface area contributed by atoms with Gasteiger partial charge in [0.15, 0.2) is 17.7 Å². The smallest absolute Gasteiger partial charge is 0.387 e. The Morgan fingerprint density at radius 3 is 2.52 bits per heavy atom. The van der Waals surface area contributed by atoms with E-state index in [0.29, 0.717) is 0 Å². The summed E-state index contributed by atoms with van der Waals surface area (Å²) in [4.78, 5) is 47.5. The molecule has 4 atom stereocenters. The lowest BCUT2D eigenvalue weighted by Crippen LogP contribution is -2.35. The minimum Gasteiger partial charge on any atom is -0.387 e. The fourth-order valence-electron chi connectivity index (χ4n) is 2.58. The number of imidazole rings is 1. The quantitative estimate of drug-likeness (QED) is 0.281. The molecule has 0 unspecified atom stereocenters. The number of phosphoric acid groups is 2. The molecule has 0 radical (unpaired) electrons. The molecule has 0 spiro atoms. The van der Waals surface area contributed by atoms with Gasteiger partial charge in [0.2, 0.25) is 0 Å². The highest BCUT2D eigenvalue weighted by Crippen LogP contribution is 2.46. The van der Waals surface area contributed by atoms with E-state index in [2.05, 4.69) is 24.0 Å². The number of aromatic nitrogens is 4. The summed E-state index contributed by atoms with van der Waals surface area (Å²) in [6.45, 7) is -0.771. The number of hydrogen-bond donors (Lipinski definition) is 6. The zero-order chi connectivity index (χ0) is 20.0. The van der Waals surface area contributed by atoms with Gasteiger partial charge in [-0.3, -0.25) is 13.6 Å². The zero-order valence-electron chi connectivity index (χ0n) is 13.2. The first-order chi connectivity index (χ1) is 12.5. The number of nitrogen functional groups attached to an aromatic ring is 1. The Hall–Kier alpha value is -1.51. The normalized spacial score (nSPS) is 26.7. The molecule has 27 heavy (non-hydrogen) atoms. The highest BCUT2D eigenvalue weighted by atomic mass is 31.2. The van der Waals surface area contributed by atoms with Crippen molar-refractivity contribution in [2.75, 3.05) is 12.3 Å². The predicted octanol–water partition coefficient (Wildman–Crippen LogP) is -1.75. The third-order valence-corrected chi connectivity index (χ3v) is 4.64. The molecule has 3 heterocycles. The summed E-state index contributed by atoms with van der Waals surface area (Å²) in [5.74, 6) is 0.0335. The molecule has 7 N–H and O–H groups in total. The van der Waals surface area contributed by atoms with E-state index in [-0.39, 0.29) is 17.0 Å². The van der Waals surface area contributed by atoms with Gasteiger partial charge in [-0.2, -0.15) is 0 Å². The Morgan fingerprint density at radius 1 is 1.19 bits per heavy atom. The van der Waals surface area contributed by atoms with Gasteiger partial charge in [0.05, 0.1) is 12.9 Å². The number of aliphatic hydroxyl groups excluding tert-OH is 1. The van der Waals surface area contributed by atoms with Crippen LogP contribution in [-0.4, -0.2) is 69.1 Å². The summed E-state index contributed by atoms with van der Waals surface area (Å²) in [7, 11) is -9.94. The molecule has 0 aliphatic carbocycles. The number of anilines is 1. The Bertz CT molecular complexity index is 926. The molecule has 15 nitrogen and oxygen atoms in total. The van der Waals surface area contributed by atoms with Crippen LogP contribution >= 0.6 is 15.6 Å². The molecule has 0 bridgehead atoms. The number of rotatable bonds is 6. The van der Waals surface area contributed by atoms with Gasteiger partial charge >= 0.3 is 15.6 Å². The number of nitrogens with zero attached hydrogens (tertiary/aromatic N) is 4. The van der Waals surface area contributed by atoms with Crippen molar-refractivity contribution in [3.8, 4) is 0 Å². The second-order valence-electron chi connectivity index (χ2n) is 5.49. The summed E-state index contributed by atoms with van der Waals surface area (Å²) < 4.78 is 37.7. The van der Waals surface area contributed by atoms with Crippen molar-refractivity contribution in [1.29, 1.82) is 0 Å². The van der Waals surface area contributed by atoms with Crippen LogP contribution in [0.15, 0.2) is 12.7 Å². The molecule has 3 rings (SSSR count). The minimum atomic E-state index is -5.06. The van der Waals surface area contributed by atoms with Crippen molar-refractivity contribution in [2.24, 2.45) is 0 Å². The van der Waals surface area contributed by atoms with Gasteiger partial charge < -0.3 is 35.2 Å². The highest BCUT2D eigenvalue weighted by molar-refractivity contribution is 7.46. The zero-order valence-corrected chi connectivity index (χ0v) is 15.0. The van der Waals surface area contributed by atoms with E-state index < -0.39 is 46.8 Å². The van der Waals surface area contributed by atoms with Crippen LogP contribution in [0.3, 0.4) is 0 Å². The monoisotopic (exact) mass is 427 g/mol. The van der Waals surface area contributed by atoms with Crippen LogP contribution in [0.1, 0.15) is 6.23 Å². The van der Waals surface area contributed by atoms with Crippen LogP contribution in [0.2, 0.25) is 0 Å². The van der Waals surface area contributed by atoms with E-state index in [1.165, 1.54) is 10.9 Å². The van der Waals surface area contributed by atoms with Crippen LogP contribution in [0.4, 0.5) is 5.82 Å². The van der Waals surface area contributed by atoms with E-state index in [1.807, 2.05) is 0 Å². The van der Waals surface area contributed by atoms with Gasteiger partial charge in [-0.05, 0) is 0 Å². The molecule has 1 aliphatic heterocycles. The first-order valence-electron chi connectivity index (χ1n) is 7.17. The summed E-state index contributed by atoms with van der Waals surface area (Å²) >= 11 is 0. The fourth-order valence-corrected chi connectivity index (χ4v) is 3.47. The van der Waals surface area contributed by atoms with Gasteiger partial charge in [-0.25, -0.2) is 24.1 Å². The Kier molecular flexibility index (Phi) is 5.35. The van der Waals surface area contributed by atoms with Crippen LogP contribution in [0.5, 0.6) is 0 Å². The molecule has 0 aromatic carbocycles. The van der Waals surface area contributed by atoms with Gasteiger partial charge in [-0.1, -0.05) is 0 Å². The van der Waals surface area contributed by atoms with E-state index in [0.717, 1.165) is 6.33 Å². The number of ether oxygens (including phenoxy) is 1. The largest absolute Gasteiger partial charge is 0.470 e.